The van der Waals surface area contributed by atoms with Gasteiger partial charge in [-0.2, -0.15) is 0 Å². The van der Waals surface area contributed by atoms with E-state index in [1.165, 1.54) is 11.3 Å². The number of carbonyl (C=O) groups excluding carboxylic acids is 1. The molecule has 2 aromatic rings. The second kappa shape index (κ2) is 7.28. The molecule has 0 amide bonds. The molecule has 0 aromatic heterocycles. The Balaban J connectivity index is 1.55. The van der Waals surface area contributed by atoms with Gasteiger partial charge in [-0.25, -0.2) is 0 Å². The van der Waals surface area contributed by atoms with Crippen molar-refractivity contribution in [1.82, 2.24) is 0 Å². The van der Waals surface area contributed by atoms with E-state index >= 15 is 0 Å². The summed E-state index contributed by atoms with van der Waals surface area (Å²) >= 11 is 3.48. The summed E-state index contributed by atoms with van der Waals surface area (Å²) in [5.74, 6) is 0.125. The highest BCUT2D eigenvalue weighted by molar-refractivity contribution is 9.10. The van der Waals surface area contributed by atoms with Crippen LogP contribution in [-0.4, -0.2) is 32.0 Å². The minimum absolute atomic E-state index is 0.125. The zero-order chi connectivity index (χ0) is 16.2. The Labute approximate surface area is 146 Å². The largest absolute Gasteiger partial charge is 0.360 e. The summed E-state index contributed by atoms with van der Waals surface area (Å²) in [5, 5.41) is 0. The van der Waals surface area contributed by atoms with Crippen LogP contribution in [0.5, 0.6) is 0 Å². The van der Waals surface area contributed by atoms with Crippen molar-refractivity contribution in [3.8, 4) is 0 Å². The molecule has 0 unspecified atom stereocenters. The van der Waals surface area contributed by atoms with E-state index in [9.17, 15) is 4.79 Å². The first-order valence-corrected chi connectivity index (χ1v) is 8.85. The van der Waals surface area contributed by atoms with Crippen LogP contribution in [0.1, 0.15) is 22.8 Å². The number of ketones is 1. The Bertz CT molecular complexity index is 659. The van der Waals surface area contributed by atoms with Gasteiger partial charge in [0.15, 0.2) is 5.78 Å². The predicted molar refractivity (Wildman–Crippen MR) is 97.2 cm³/mol. The molecule has 0 aliphatic carbocycles. The maximum absolute atomic E-state index is 11.4. The lowest BCUT2D eigenvalue weighted by atomic mass is 10.1. The number of benzene rings is 2. The number of nitrogens with zero attached hydrogens (tertiary/aromatic N) is 1. The molecule has 0 spiro atoms. The lowest BCUT2D eigenvalue weighted by Crippen LogP contribution is -3.13. The molecule has 1 fully saturated rings. The number of quaternary nitrogens is 1. The van der Waals surface area contributed by atoms with Gasteiger partial charge in [-0.05, 0) is 43.3 Å². The summed E-state index contributed by atoms with van der Waals surface area (Å²) in [5.41, 5.74) is 3.40. The van der Waals surface area contributed by atoms with Gasteiger partial charge in [0.2, 0.25) is 0 Å². The van der Waals surface area contributed by atoms with Crippen LogP contribution in [0, 0.1) is 0 Å². The number of nitrogens with one attached hydrogen (secondary N) is 1. The summed E-state index contributed by atoms with van der Waals surface area (Å²) in [6.45, 7) is 7.11. The van der Waals surface area contributed by atoms with Gasteiger partial charge in [-0.3, -0.25) is 4.79 Å². The van der Waals surface area contributed by atoms with E-state index in [0.29, 0.717) is 0 Å². The Morgan fingerprint density at radius 2 is 1.65 bits per heavy atom. The van der Waals surface area contributed by atoms with Crippen molar-refractivity contribution < 1.29 is 9.69 Å². The molecule has 120 valence electrons. The molecule has 1 heterocycles. The third kappa shape index (κ3) is 4.21. The maximum Gasteiger partial charge on any atom is 0.159 e. The van der Waals surface area contributed by atoms with Crippen molar-refractivity contribution in [2.24, 2.45) is 0 Å². The fourth-order valence-electron chi connectivity index (χ4n) is 3.06. The number of Topliss-reactive ketones (excluding diaryl/α,β-unsaturated/α-hetero) is 1. The normalized spacial score (nSPS) is 15.7. The second-order valence-corrected chi connectivity index (χ2v) is 7.06. The van der Waals surface area contributed by atoms with Gasteiger partial charge >= 0.3 is 0 Å². The number of piperazine rings is 1. The lowest BCUT2D eigenvalue weighted by Gasteiger charge is -2.33. The molecule has 1 saturated heterocycles. The van der Waals surface area contributed by atoms with Gasteiger partial charge in [-0.15, -0.1) is 0 Å². The molecule has 3 rings (SSSR count). The molecule has 0 radical (unpaired) electrons. The Morgan fingerprint density at radius 1 is 1.04 bits per heavy atom. The highest BCUT2D eigenvalue weighted by Crippen LogP contribution is 2.16. The molecular weight excluding hydrogens is 352 g/mol. The van der Waals surface area contributed by atoms with Gasteiger partial charge < -0.3 is 9.80 Å². The molecular formula is C19H22BrN2O+. The minimum Gasteiger partial charge on any atom is -0.360 e. The van der Waals surface area contributed by atoms with Gasteiger partial charge in [-0.1, -0.05) is 28.1 Å². The number of halogens is 1. The highest BCUT2D eigenvalue weighted by Gasteiger charge is 2.20. The van der Waals surface area contributed by atoms with Crippen LogP contribution < -0.4 is 9.80 Å². The van der Waals surface area contributed by atoms with Crippen LogP contribution in [0.3, 0.4) is 0 Å². The maximum atomic E-state index is 11.4. The smallest absolute Gasteiger partial charge is 0.159 e. The third-order valence-electron chi connectivity index (χ3n) is 4.48. The van der Waals surface area contributed by atoms with E-state index in [-0.39, 0.29) is 5.78 Å². The number of hydrogen-bond acceptors (Lipinski definition) is 2. The number of hydrogen-bond donors (Lipinski definition) is 1. The summed E-state index contributed by atoms with van der Waals surface area (Å²) in [6, 6.07) is 16.6. The average molecular weight is 374 g/mol. The summed E-state index contributed by atoms with van der Waals surface area (Å²) in [6.07, 6.45) is 0. The van der Waals surface area contributed by atoms with Crippen LogP contribution in [0.25, 0.3) is 0 Å². The predicted octanol–water partition coefficient (Wildman–Crippen LogP) is 2.56. The van der Waals surface area contributed by atoms with Gasteiger partial charge in [0, 0.05) is 21.3 Å². The monoisotopic (exact) mass is 373 g/mol. The standard InChI is InChI=1S/C19H21BrN2O/c1-15(23)17-4-8-19(9-5-17)22-12-10-21(11-13-22)14-16-2-6-18(20)7-3-16/h2-9H,10-14H2,1H3/p+1. The topological polar surface area (TPSA) is 24.8 Å². The molecule has 0 atom stereocenters. The fourth-order valence-corrected chi connectivity index (χ4v) is 3.32. The summed E-state index contributed by atoms with van der Waals surface area (Å²) < 4.78 is 1.13. The summed E-state index contributed by atoms with van der Waals surface area (Å²) in [7, 11) is 0. The molecule has 1 aliphatic rings. The lowest BCUT2D eigenvalue weighted by molar-refractivity contribution is -0.914. The van der Waals surface area contributed by atoms with Gasteiger partial charge in [0.05, 0.1) is 26.2 Å². The average Bonchev–Trinajstić information content (AvgIpc) is 2.58. The number of anilines is 1. The van der Waals surface area contributed by atoms with E-state index < -0.39 is 0 Å². The number of rotatable bonds is 4. The van der Waals surface area contributed by atoms with Crippen LogP contribution in [0.15, 0.2) is 53.0 Å². The second-order valence-electron chi connectivity index (χ2n) is 6.14. The van der Waals surface area contributed by atoms with Crippen LogP contribution >= 0.6 is 15.9 Å². The van der Waals surface area contributed by atoms with Crippen molar-refractivity contribution in [3.05, 3.63) is 64.1 Å². The van der Waals surface area contributed by atoms with Gasteiger partial charge in [0.1, 0.15) is 6.54 Å². The van der Waals surface area contributed by atoms with Crippen molar-refractivity contribution in [2.75, 3.05) is 31.1 Å². The van der Waals surface area contributed by atoms with E-state index in [0.717, 1.165) is 42.8 Å². The van der Waals surface area contributed by atoms with E-state index in [1.807, 2.05) is 12.1 Å². The van der Waals surface area contributed by atoms with E-state index in [2.05, 4.69) is 57.2 Å². The quantitative estimate of drug-likeness (QED) is 0.833. The zero-order valence-corrected chi connectivity index (χ0v) is 15.0. The molecule has 2 aromatic carbocycles. The molecule has 0 saturated carbocycles. The van der Waals surface area contributed by atoms with Crippen molar-refractivity contribution in [2.45, 2.75) is 13.5 Å². The Hall–Kier alpha value is -1.65. The van der Waals surface area contributed by atoms with E-state index in [4.69, 9.17) is 0 Å². The minimum atomic E-state index is 0.125. The molecule has 1 aliphatic heterocycles. The fraction of sp³-hybridized carbons (Fsp3) is 0.316. The van der Waals surface area contributed by atoms with Crippen LogP contribution in [-0.2, 0) is 6.54 Å². The Kier molecular flexibility index (Phi) is 5.13. The van der Waals surface area contributed by atoms with Crippen molar-refractivity contribution in [1.29, 1.82) is 0 Å². The molecule has 3 nitrogen and oxygen atoms in total. The summed E-state index contributed by atoms with van der Waals surface area (Å²) in [4.78, 5) is 15.4. The Morgan fingerprint density at radius 3 is 2.22 bits per heavy atom. The molecule has 4 heteroatoms. The molecule has 1 N–H and O–H groups in total. The SMILES string of the molecule is CC(=O)c1ccc(N2CC[NH+](Cc3ccc(Br)cc3)CC2)cc1. The van der Waals surface area contributed by atoms with Crippen LogP contribution in [0.2, 0.25) is 0 Å². The van der Waals surface area contributed by atoms with Crippen molar-refractivity contribution >= 4 is 27.4 Å². The first kappa shape index (κ1) is 16.2. The van der Waals surface area contributed by atoms with Gasteiger partial charge in [0.25, 0.3) is 0 Å². The third-order valence-corrected chi connectivity index (χ3v) is 5.01. The zero-order valence-electron chi connectivity index (χ0n) is 13.4. The van der Waals surface area contributed by atoms with E-state index in [1.54, 1.807) is 11.8 Å². The van der Waals surface area contributed by atoms with Crippen LogP contribution in [0.4, 0.5) is 5.69 Å². The number of carbonyl (C=O) groups is 1. The highest BCUT2D eigenvalue weighted by atomic mass is 79.9. The first-order valence-electron chi connectivity index (χ1n) is 8.06. The van der Waals surface area contributed by atoms with Crippen molar-refractivity contribution in [3.63, 3.8) is 0 Å². The molecule has 23 heavy (non-hydrogen) atoms. The first-order chi connectivity index (χ1) is 11.1. The molecule has 0 bridgehead atoms.